The molecule has 4 saturated heterocycles. The minimum absolute atomic E-state index is 0.132. The van der Waals surface area contributed by atoms with Gasteiger partial charge < -0.3 is 14.9 Å². The molecular formula is C36H22N4O11. The lowest BCUT2D eigenvalue weighted by molar-refractivity contribution is -0.185. The molecule has 0 aromatic heterocycles. The number of aromatic hydroxyl groups is 2. The van der Waals surface area contributed by atoms with Crippen molar-refractivity contribution >= 4 is 64.3 Å². The highest BCUT2D eigenvalue weighted by Crippen LogP contribution is 2.51. The molecule has 2 N–H and O–H groups in total. The molecule has 15 nitrogen and oxygen atoms in total. The third kappa shape index (κ3) is 3.71. The van der Waals surface area contributed by atoms with Crippen molar-refractivity contribution in [2.75, 3.05) is 21.7 Å². The first-order valence-electron chi connectivity index (χ1n) is 15.3. The first-order valence-corrected chi connectivity index (χ1v) is 15.3. The van der Waals surface area contributed by atoms with Gasteiger partial charge in [-0.2, -0.15) is 0 Å². The molecule has 4 aliphatic rings. The van der Waals surface area contributed by atoms with Crippen LogP contribution in [0.3, 0.4) is 0 Å². The third-order valence-electron chi connectivity index (χ3n) is 9.51. The second-order valence-corrected chi connectivity index (χ2v) is 12.3. The number of phenols is 2. The topological polar surface area (TPSA) is 199 Å². The average Bonchev–Trinajstić information content (AvgIpc) is 3.12. The molecule has 4 aromatic carbocycles. The second kappa shape index (κ2) is 10.2. The molecule has 2 spiro atoms. The summed E-state index contributed by atoms with van der Waals surface area (Å²) < 4.78 is 5.76. The number of hydrogen-bond donors (Lipinski definition) is 2. The maximum atomic E-state index is 13.3. The zero-order valence-electron chi connectivity index (χ0n) is 26.4. The Morgan fingerprint density at radius 3 is 1.27 bits per heavy atom. The fourth-order valence-corrected chi connectivity index (χ4v) is 6.63. The van der Waals surface area contributed by atoms with E-state index in [0.717, 1.165) is 29.6 Å². The number of anilines is 3. The van der Waals surface area contributed by atoms with Gasteiger partial charge in [0.15, 0.2) is 0 Å². The van der Waals surface area contributed by atoms with Crippen molar-refractivity contribution in [2.24, 2.45) is 10.8 Å². The van der Waals surface area contributed by atoms with Gasteiger partial charge >= 0.3 is 0 Å². The van der Waals surface area contributed by atoms with Crippen LogP contribution in [0, 0.1) is 17.8 Å². The van der Waals surface area contributed by atoms with Crippen LogP contribution in [0.5, 0.6) is 23.0 Å². The zero-order valence-corrected chi connectivity index (χ0v) is 26.4. The predicted molar refractivity (Wildman–Crippen MR) is 173 cm³/mol. The molecule has 0 unspecified atom stereocenters. The van der Waals surface area contributed by atoms with Gasteiger partial charge in [-0.15, -0.1) is 0 Å². The Balaban J connectivity index is 0.967. The SMILES string of the molecule is Cc1ccc(Oc2ccc(N3C(=O)C4(C3=O)C(=O)N(c3ccc(-c5ccc(N6C(=O)C7(C(=O)N(C)C7=O)C6=O)c(O)c5)cc3O)C4=O)cc2)cc1. The van der Waals surface area contributed by atoms with Crippen LogP contribution >= 0.6 is 0 Å². The summed E-state index contributed by atoms with van der Waals surface area (Å²) in [4.78, 5) is 105. The lowest BCUT2D eigenvalue weighted by Gasteiger charge is -2.52. The summed E-state index contributed by atoms with van der Waals surface area (Å²) in [6.07, 6.45) is 0. The van der Waals surface area contributed by atoms with Crippen LogP contribution < -0.4 is 19.4 Å². The van der Waals surface area contributed by atoms with Gasteiger partial charge in [0.2, 0.25) is 0 Å². The van der Waals surface area contributed by atoms with E-state index >= 15 is 0 Å². The number of hydrogen-bond acceptors (Lipinski definition) is 11. The van der Waals surface area contributed by atoms with Crippen LogP contribution in [-0.4, -0.2) is 69.4 Å². The van der Waals surface area contributed by atoms with E-state index in [0.29, 0.717) is 26.2 Å². The lowest BCUT2D eigenvalue weighted by atomic mass is 9.68. The van der Waals surface area contributed by atoms with Gasteiger partial charge in [0, 0.05) is 7.05 Å². The number of nitrogens with zero attached hydrogens (tertiary/aromatic N) is 4. The summed E-state index contributed by atoms with van der Waals surface area (Å²) in [6, 6.07) is 20.7. The number of rotatable bonds is 6. The smallest absolute Gasteiger partial charge is 0.286 e. The summed E-state index contributed by atoms with van der Waals surface area (Å²) in [5.74, 6) is -8.50. The summed E-state index contributed by atoms with van der Waals surface area (Å²) in [7, 11) is 1.14. The predicted octanol–water partition coefficient (Wildman–Crippen LogP) is 2.16. The molecule has 51 heavy (non-hydrogen) atoms. The van der Waals surface area contributed by atoms with E-state index in [9.17, 15) is 48.6 Å². The molecule has 15 heteroatoms. The average molecular weight is 687 g/mol. The molecule has 0 atom stereocenters. The van der Waals surface area contributed by atoms with Crippen molar-refractivity contribution in [3.63, 3.8) is 0 Å². The van der Waals surface area contributed by atoms with Gasteiger partial charge in [0.05, 0.1) is 17.1 Å². The van der Waals surface area contributed by atoms with Crippen molar-refractivity contribution < 1.29 is 53.3 Å². The molecule has 0 bridgehead atoms. The van der Waals surface area contributed by atoms with E-state index in [1.165, 1.54) is 48.5 Å². The lowest BCUT2D eigenvalue weighted by Crippen LogP contribution is -2.84. The van der Waals surface area contributed by atoms with Crippen LogP contribution in [0.15, 0.2) is 84.9 Å². The number of carbonyl (C=O) groups is 8. The van der Waals surface area contributed by atoms with Gasteiger partial charge in [0.25, 0.3) is 58.1 Å². The molecule has 8 rings (SSSR count). The standard InChI is InChI=1S/C36H22N4O11/c1-17-3-9-21(10-4-17)51-22-11-7-20(8-12-22)38-29(45)36(30(38)46)33(49)40(34(36)50)24-14-6-19(16-26(24)42)18-5-13-23(25(41)15-18)39-31(47)35(32(39)48)27(43)37(2)28(35)44/h3-16,41-42H,1-2H3. The molecule has 4 fully saturated rings. The van der Waals surface area contributed by atoms with E-state index in [1.54, 1.807) is 12.1 Å². The fraction of sp³-hybridized carbons (Fsp3) is 0.111. The van der Waals surface area contributed by atoms with Crippen molar-refractivity contribution in [1.82, 2.24) is 4.90 Å². The van der Waals surface area contributed by atoms with Crippen molar-refractivity contribution in [2.45, 2.75) is 6.92 Å². The Labute approximate surface area is 286 Å². The van der Waals surface area contributed by atoms with Gasteiger partial charge in [-0.25, -0.2) is 14.7 Å². The highest BCUT2D eigenvalue weighted by molar-refractivity contribution is 6.64. The molecule has 0 saturated carbocycles. The highest BCUT2D eigenvalue weighted by Gasteiger charge is 2.81. The first kappa shape index (κ1) is 31.1. The van der Waals surface area contributed by atoms with Crippen LogP contribution in [-0.2, 0) is 38.4 Å². The minimum Gasteiger partial charge on any atom is -0.506 e. The van der Waals surface area contributed by atoms with E-state index in [1.807, 2.05) is 19.1 Å². The number of likely N-dealkylation sites (tertiary alicyclic amines) is 1. The van der Waals surface area contributed by atoms with Gasteiger partial charge in [-0.1, -0.05) is 29.8 Å². The highest BCUT2D eigenvalue weighted by atomic mass is 16.5. The molecule has 252 valence electrons. The van der Waals surface area contributed by atoms with E-state index in [-0.39, 0.29) is 28.2 Å². The maximum absolute atomic E-state index is 13.3. The van der Waals surface area contributed by atoms with Crippen LogP contribution in [0.1, 0.15) is 5.56 Å². The normalized spacial score (nSPS) is 18.6. The molecular weight excluding hydrogens is 664 g/mol. The Kier molecular flexibility index (Phi) is 6.21. The number of amides is 8. The fourth-order valence-electron chi connectivity index (χ4n) is 6.63. The summed E-state index contributed by atoms with van der Waals surface area (Å²) >= 11 is 0. The quantitative estimate of drug-likeness (QED) is 0.223. The summed E-state index contributed by atoms with van der Waals surface area (Å²) in [6.45, 7) is 1.94. The number of benzene rings is 4. The summed E-state index contributed by atoms with van der Waals surface area (Å²) in [5, 5.41) is 21.5. The van der Waals surface area contributed by atoms with Crippen molar-refractivity contribution in [3.05, 3.63) is 90.5 Å². The van der Waals surface area contributed by atoms with Crippen molar-refractivity contribution in [3.8, 4) is 34.1 Å². The number of carbonyl (C=O) groups excluding carboxylic acids is 8. The Morgan fingerprint density at radius 1 is 0.490 bits per heavy atom. The zero-order chi connectivity index (χ0) is 36.3. The molecule has 0 radical (unpaired) electrons. The number of β-lactam (4-membered cyclic amide) rings is 8. The molecule has 4 heterocycles. The van der Waals surface area contributed by atoms with Gasteiger partial charge in [0.1, 0.15) is 23.0 Å². The van der Waals surface area contributed by atoms with Crippen LogP contribution in [0.4, 0.5) is 17.1 Å². The first-order chi connectivity index (χ1) is 24.3. The molecule has 0 aliphatic carbocycles. The van der Waals surface area contributed by atoms with Gasteiger partial charge in [-0.3, -0.25) is 43.3 Å². The summed E-state index contributed by atoms with van der Waals surface area (Å²) in [5.41, 5.74) is -3.83. The Bertz CT molecular complexity index is 2300. The number of phenolic OH excluding ortho intramolecular Hbond substituents is 2. The van der Waals surface area contributed by atoms with E-state index in [4.69, 9.17) is 4.74 Å². The molecule has 4 aromatic rings. The third-order valence-corrected chi connectivity index (χ3v) is 9.51. The Hall–Kier alpha value is -7.16. The van der Waals surface area contributed by atoms with Gasteiger partial charge in [-0.05, 0) is 78.7 Å². The maximum Gasteiger partial charge on any atom is 0.286 e. The van der Waals surface area contributed by atoms with Crippen LogP contribution in [0.2, 0.25) is 0 Å². The largest absolute Gasteiger partial charge is 0.506 e. The number of imide groups is 4. The molecule has 8 amide bonds. The number of ether oxygens (including phenoxy) is 1. The van der Waals surface area contributed by atoms with E-state index < -0.39 is 69.6 Å². The minimum atomic E-state index is -2.56. The van der Waals surface area contributed by atoms with Crippen molar-refractivity contribution in [1.29, 1.82) is 0 Å². The number of aryl methyl sites for hydroxylation is 1. The molecule has 4 aliphatic heterocycles. The monoisotopic (exact) mass is 686 g/mol. The van der Waals surface area contributed by atoms with E-state index in [2.05, 4.69) is 0 Å². The Morgan fingerprint density at radius 2 is 0.863 bits per heavy atom. The van der Waals surface area contributed by atoms with Crippen LogP contribution in [0.25, 0.3) is 11.1 Å². The second-order valence-electron chi connectivity index (χ2n) is 12.3.